The molecule has 244 valence electrons. The minimum absolute atomic E-state index is 0.0468. The van der Waals surface area contributed by atoms with Crippen LogP contribution in [0.2, 0.25) is 0 Å². The fraction of sp³-hybridized carbons (Fsp3) is 0.441. The summed E-state index contributed by atoms with van der Waals surface area (Å²) in [6.45, 7) is 3.48. The predicted molar refractivity (Wildman–Crippen MR) is 166 cm³/mol. The summed E-state index contributed by atoms with van der Waals surface area (Å²) in [4.78, 5) is 22.7. The van der Waals surface area contributed by atoms with Crippen LogP contribution in [0.4, 0.5) is 13.2 Å². The van der Waals surface area contributed by atoms with Crippen LogP contribution < -0.4 is 4.74 Å². The maximum Gasteiger partial charge on any atom is 0.390 e. The van der Waals surface area contributed by atoms with Crippen LogP contribution in [0.5, 0.6) is 5.75 Å². The van der Waals surface area contributed by atoms with E-state index in [1.807, 2.05) is 54.3 Å². The third-order valence-corrected chi connectivity index (χ3v) is 8.58. The van der Waals surface area contributed by atoms with Crippen LogP contribution in [-0.2, 0) is 16.0 Å². The van der Waals surface area contributed by atoms with Crippen molar-refractivity contribution in [3.05, 3.63) is 77.5 Å². The van der Waals surface area contributed by atoms with Crippen molar-refractivity contribution < 1.29 is 32.2 Å². The van der Waals surface area contributed by atoms with Gasteiger partial charge >= 0.3 is 6.18 Å². The monoisotopic (exact) mass is 637 g/mol. The first-order chi connectivity index (χ1) is 22.2. The molecule has 0 saturated carbocycles. The van der Waals surface area contributed by atoms with E-state index in [1.54, 1.807) is 34.9 Å². The maximum absolute atomic E-state index is 14.4. The number of hydrogen-bond acceptors (Lipinski definition) is 7. The first kappa shape index (κ1) is 32.0. The van der Waals surface area contributed by atoms with E-state index in [2.05, 4.69) is 0 Å². The number of fused-ring (bicyclic) bond motifs is 1. The number of carbonyl (C=O) groups is 1. The third kappa shape index (κ3) is 7.19. The normalized spacial score (nSPS) is 19.5. The van der Waals surface area contributed by atoms with Gasteiger partial charge in [-0.05, 0) is 62.1 Å². The Kier molecular flexibility index (Phi) is 9.57. The van der Waals surface area contributed by atoms with Crippen LogP contribution in [0.15, 0.2) is 60.7 Å². The number of ether oxygens (including phenoxy) is 3. The topological polar surface area (TPSA) is 82.0 Å². The SMILES string of the molecule is COCOc1ccc(-c2cc(C(=O)N3CCN(Cc4ccccc4)C(CC(F)(F)F)C3)c3c(C)nn(C4CCCCO4)c3n2)cc1. The van der Waals surface area contributed by atoms with Crippen molar-refractivity contribution in [2.24, 2.45) is 0 Å². The molecule has 2 aromatic carbocycles. The minimum Gasteiger partial charge on any atom is -0.468 e. The zero-order valence-electron chi connectivity index (χ0n) is 26.0. The van der Waals surface area contributed by atoms with Gasteiger partial charge < -0.3 is 19.1 Å². The van der Waals surface area contributed by atoms with Crippen molar-refractivity contribution in [1.82, 2.24) is 24.6 Å². The van der Waals surface area contributed by atoms with Crippen molar-refractivity contribution in [2.45, 2.75) is 57.6 Å². The van der Waals surface area contributed by atoms with Gasteiger partial charge in [0.25, 0.3) is 5.91 Å². The number of pyridine rings is 1. The Labute approximate surface area is 265 Å². The molecule has 0 spiro atoms. The highest BCUT2D eigenvalue weighted by Crippen LogP contribution is 2.34. The van der Waals surface area contributed by atoms with Crippen LogP contribution in [0, 0.1) is 6.92 Å². The fourth-order valence-electron chi connectivity index (χ4n) is 6.33. The molecule has 2 unspecified atom stereocenters. The summed E-state index contributed by atoms with van der Waals surface area (Å²) in [5.74, 6) is 0.274. The molecule has 2 aliphatic heterocycles. The van der Waals surface area contributed by atoms with Crippen LogP contribution >= 0.6 is 0 Å². The molecule has 0 aliphatic carbocycles. The maximum atomic E-state index is 14.4. The molecule has 2 aliphatic rings. The summed E-state index contributed by atoms with van der Waals surface area (Å²) in [7, 11) is 1.54. The smallest absolute Gasteiger partial charge is 0.390 e. The van der Waals surface area contributed by atoms with Gasteiger partial charge in [-0.2, -0.15) is 18.3 Å². The summed E-state index contributed by atoms with van der Waals surface area (Å²) in [5.41, 5.74) is 3.71. The third-order valence-electron chi connectivity index (χ3n) is 8.58. The van der Waals surface area contributed by atoms with Crippen molar-refractivity contribution in [3.63, 3.8) is 0 Å². The van der Waals surface area contributed by atoms with Gasteiger partial charge in [0.15, 0.2) is 18.7 Å². The molecular weight excluding hydrogens is 599 g/mol. The van der Waals surface area contributed by atoms with Gasteiger partial charge in [-0.1, -0.05) is 30.3 Å². The Hall–Kier alpha value is -4.00. The molecule has 9 nitrogen and oxygen atoms in total. The number of amides is 1. The Morgan fingerprint density at radius 2 is 1.85 bits per heavy atom. The molecule has 2 fully saturated rings. The number of carbonyl (C=O) groups excluding carboxylic acids is 1. The van der Waals surface area contributed by atoms with E-state index in [1.165, 1.54) is 0 Å². The lowest BCUT2D eigenvalue weighted by molar-refractivity contribution is -0.152. The van der Waals surface area contributed by atoms with Gasteiger partial charge in [0.2, 0.25) is 0 Å². The highest BCUT2D eigenvalue weighted by molar-refractivity contribution is 6.07. The van der Waals surface area contributed by atoms with Gasteiger partial charge in [0.05, 0.1) is 28.8 Å². The molecule has 46 heavy (non-hydrogen) atoms. The molecule has 0 radical (unpaired) electrons. The largest absolute Gasteiger partial charge is 0.468 e. The zero-order valence-corrected chi connectivity index (χ0v) is 26.0. The summed E-state index contributed by atoms with van der Waals surface area (Å²) < 4.78 is 59.7. The van der Waals surface area contributed by atoms with Gasteiger partial charge in [-0.15, -0.1) is 0 Å². The van der Waals surface area contributed by atoms with Crippen LogP contribution in [0.3, 0.4) is 0 Å². The Bertz CT molecular complexity index is 1640. The van der Waals surface area contributed by atoms with Crippen molar-refractivity contribution in [1.29, 1.82) is 0 Å². The van der Waals surface area contributed by atoms with Gasteiger partial charge in [-0.3, -0.25) is 9.69 Å². The van der Waals surface area contributed by atoms with E-state index in [4.69, 9.17) is 24.3 Å². The van der Waals surface area contributed by atoms with E-state index in [-0.39, 0.29) is 25.5 Å². The molecule has 2 saturated heterocycles. The molecule has 4 aromatic rings. The van der Waals surface area contributed by atoms with Crippen LogP contribution in [-0.4, -0.2) is 82.8 Å². The number of aromatic nitrogens is 3. The molecule has 0 bridgehead atoms. The highest BCUT2D eigenvalue weighted by Gasteiger charge is 2.39. The second kappa shape index (κ2) is 13.8. The average molecular weight is 638 g/mol. The second-order valence-corrected chi connectivity index (χ2v) is 11.9. The molecule has 4 heterocycles. The number of aryl methyl sites for hydroxylation is 1. The number of piperazine rings is 1. The zero-order chi connectivity index (χ0) is 32.3. The Morgan fingerprint density at radius 1 is 1.07 bits per heavy atom. The van der Waals surface area contributed by atoms with E-state index in [0.717, 1.165) is 30.4 Å². The summed E-state index contributed by atoms with van der Waals surface area (Å²) >= 11 is 0. The van der Waals surface area contributed by atoms with Crippen molar-refractivity contribution >= 4 is 16.9 Å². The average Bonchev–Trinajstić information content (AvgIpc) is 3.40. The second-order valence-electron chi connectivity index (χ2n) is 11.9. The van der Waals surface area contributed by atoms with Crippen molar-refractivity contribution in [2.75, 3.05) is 40.1 Å². The molecular formula is C34H38F3N5O4. The lowest BCUT2D eigenvalue weighted by Crippen LogP contribution is -2.55. The fourth-order valence-corrected chi connectivity index (χ4v) is 6.33. The summed E-state index contributed by atoms with van der Waals surface area (Å²) in [5, 5.41) is 5.36. The number of alkyl halides is 3. The molecule has 0 N–H and O–H groups in total. The predicted octanol–water partition coefficient (Wildman–Crippen LogP) is 6.37. The number of methoxy groups -OCH3 is 1. The number of benzene rings is 2. The van der Waals surface area contributed by atoms with Crippen LogP contribution in [0.25, 0.3) is 22.3 Å². The highest BCUT2D eigenvalue weighted by atomic mass is 19.4. The van der Waals surface area contributed by atoms with Crippen molar-refractivity contribution in [3.8, 4) is 17.0 Å². The van der Waals surface area contributed by atoms with Gasteiger partial charge in [0.1, 0.15) is 5.75 Å². The number of rotatable bonds is 9. The lowest BCUT2D eigenvalue weighted by Gasteiger charge is -2.42. The first-order valence-corrected chi connectivity index (χ1v) is 15.6. The van der Waals surface area contributed by atoms with E-state index in [0.29, 0.717) is 60.0 Å². The Balaban J connectivity index is 1.36. The number of nitrogens with zero attached hydrogens (tertiary/aromatic N) is 5. The molecule has 2 aromatic heterocycles. The first-order valence-electron chi connectivity index (χ1n) is 15.6. The standard InChI is InChI=1S/C34H38F3N5O4/c1-23-31-28(33(43)41-16-15-40(20-24-8-4-3-5-9-24)26(21-41)19-34(35,36)37)18-29(25-11-13-27(14-12-25)46-22-44-2)38-32(31)42(39-23)30-10-6-7-17-45-30/h3-5,8-9,11-14,18,26,30H,6-7,10,15-17,19-22H2,1-2H3. The molecule has 1 amide bonds. The number of hydrogen-bond donors (Lipinski definition) is 0. The van der Waals surface area contributed by atoms with Gasteiger partial charge in [0, 0.05) is 51.5 Å². The molecule has 6 rings (SSSR count). The lowest BCUT2D eigenvalue weighted by atomic mass is 10.0. The van der Waals surface area contributed by atoms with E-state index in [9.17, 15) is 18.0 Å². The molecule has 2 atom stereocenters. The number of halogens is 3. The van der Waals surface area contributed by atoms with E-state index >= 15 is 0 Å². The summed E-state index contributed by atoms with van der Waals surface area (Å²) in [6, 6.07) is 17.6. The van der Waals surface area contributed by atoms with Crippen LogP contribution in [0.1, 0.15) is 53.5 Å². The van der Waals surface area contributed by atoms with E-state index < -0.39 is 18.6 Å². The minimum atomic E-state index is -4.38. The molecule has 12 heteroatoms. The van der Waals surface area contributed by atoms with Gasteiger partial charge in [-0.25, -0.2) is 9.67 Å². The summed E-state index contributed by atoms with van der Waals surface area (Å²) in [6.07, 6.45) is -3.00. The quantitative estimate of drug-likeness (QED) is 0.197. The Morgan fingerprint density at radius 3 is 2.54 bits per heavy atom.